The molecule has 2 rings (SSSR count). The Balaban J connectivity index is 2.75. The molecule has 1 heterocycles. The van der Waals surface area contributed by atoms with E-state index in [1.165, 1.54) is 12.1 Å². The molecule has 0 aliphatic rings. The summed E-state index contributed by atoms with van der Waals surface area (Å²) < 4.78 is 18.6. The van der Waals surface area contributed by atoms with Gasteiger partial charge in [-0.1, -0.05) is 41.9 Å². The van der Waals surface area contributed by atoms with Gasteiger partial charge in [0.2, 0.25) is 0 Å². The molecule has 22 heavy (non-hydrogen) atoms. The number of rotatable bonds is 5. The van der Waals surface area contributed by atoms with Crippen LogP contribution in [0.25, 0.3) is 11.1 Å². The van der Waals surface area contributed by atoms with Gasteiger partial charge in [0.15, 0.2) is 5.75 Å². The second-order valence-electron chi connectivity index (χ2n) is 5.23. The van der Waals surface area contributed by atoms with Crippen molar-refractivity contribution in [3.63, 3.8) is 0 Å². The van der Waals surface area contributed by atoms with Gasteiger partial charge in [0.05, 0.1) is 12.3 Å². The zero-order chi connectivity index (χ0) is 16.3. The standard InChI is InChI=1S/C17H19BrFNO2/c1-4-22-17-16(21)14(11-5-7-12(19)8-6-11)13(9-18)15(20-17)10(2)3/h5-8,10,21H,4,9H2,1-3H3. The fourth-order valence-corrected chi connectivity index (χ4v) is 2.95. The monoisotopic (exact) mass is 367 g/mol. The van der Waals surface area contributed by atoms with Crippen LogP contribution in [-0.2, 0) is 5.33 Å². The van der Waals surface area contributed by atoms with Crippen molar-refractivity contribution in [2.24, 2.45) is 0 Å². The van der Waals surface area contributed by atoms with E-state index >= 15 is 0 Å². The van der Waals surface area contributed by atoms with E-state index in [0.717, 1.165) is 16.8 Å². The third-order valence-electron chi connectivity index (χ3n) is 3.37. The van der Waals surface area contributed by atoms with Crippen LogP contribution in [0.1, 0.15) is 37.9 Å². The Morgan fingerprint density at radius 3 is 2.41 bits per heavy atom. The summed E-state index contributed by atoms with van der Waals surface area (Å²) in [6.07, 6.45) is 0. The van der Waals surface area contributed by atoms with Crippen molar-refractivity contribution in [3.05, 3.63) is 41.3 Å². The van der Waals surface area contributed by atoms with Gasteiger partial charge in [-0.15, -0.1) is 0 Å². The molecule has 0 spiro atoms. The van der Waals surface area contributed by atoms with Crippen LogP contribution < -0.4 is 4.74 Å². The fourth-order valence-electron chi connectivity index (χ4n) is 2.39. The van der Waals surface area contributed by atoms with Gasteiger partial charge >= 0.3 is 0 Å². The highest BCUT2D eigenvalue weighted by molar-refractivity contribution is 9.08. The van der Waals surface area contributed by atoms with E-state index in [2.05, 4.69) is 20.9 Å². The maximum Gasteiger partial charge on any atom is 0.257 e. The molecule has 3 nitrogen and oxygen atoms in total. The SMILES string of the molecule is CCOc1nc(C(C)C)c(CBr)c(-c2ccc(F)cc2)c1O. The molecular formula is C17H19BrFNO2. The number of ether oxygens (including phenoxy) is 1. The summed E-state index contributed by atoms with van der Waals surface area (Å²) in [5.41, 5.74) is 3.12. The quantitative estimate of drug-likeness (QED) is 0.755. The van der Waals surface area contributed by atoms with E-state index in [9.17, 15) is 9.50 Å². The summed E-state index contributed by atoms with van der Waals surface area (Å²) in [5, 5.41) is 11.1. The van der Waals surface area contributed by atoms with Gasteiger partial charge in [0.25, 0.3) is 5.88 Å². The van der Waals surface area contributed by atoms with Crippen LogP contribution in [0.2, 0.25) is 0 Å². The number of hydrogen-bond donors (Lipinski definition) is 1. The number of aromatic hydroxyl groups is 1. The third kappa shape index (κ3) is 3.24. The minimum absolute atomic E-state index is 0.00712. The van der Waals surface area contributed by atoms with Crippen LogP contribution in [-0.4, -0.2) is 16.7 Å². The van der Waals surface area contributed by atoms with Gasteiger partial charge < -0.3 is 9.84 Å². The molecule has 0 fully saturated rings. The second-order valence-corrected chi connectivity index (χ2v) is 5.79. The molecular weight excluding hydrogens is 349 g/mol. The number of halogens is 2. The van der Waals surface area contributed by atoms with Crippen molar-refractivity contribution in [1.82, 2.24) is 4.98 Å². The predicted octanol–water partition coefficient (Wildman–Crippen LogP) is 5.01. The summed E-state index contributed by atoms with van der Waals surface area (Å²) in [4.78, 5) is 4.46. The molecule has 0 saturated carbocycles. The Hall–Kier alpha value is -1.62. The van der Waals surface area contributed by atoms with E-state index in [4.69, 9.17) is 4.74 Å². The topological polar surface area (TPSA) is 42.4 Å². The maximum absolute atomic E-state index is 13.2. The summed E-state index contributed by atoms with van der Waals surface area (Å²) in [7, 11) is 0. The van der Waals surface area contributed by atoms with Crippen molar-refractivity contribution >= 4 is 15.9 Å². The zero-order valence-corrected chi connectivity index (χ0v) is 14.4. The first-order valence-corrected chi connectivity index (χ1v) is 8.32. The van der Waals surface area contributed by atoms with Gasteiger partial charge in [-0.3, -0.25) is 0 Å². The molecule has 1 N–H and O–H groups in total. The third-order valence-corrected chi connectivity index (χ3v) is 3.93. The molecule has 0 radical (unpaired) electrons. The molecule has 0 aliphatic carbocycles. The maximum atomic E-state index is 13.2. The predicted molar refractivity (Wildman–Crippen MR) is 89.2 cm³/mol. The van der Waals surface area contributed by atoms with Gasteiger partial charge in [-0.2, -0.15) is 0 Å². The van der Waals surface area contributed by atoms with Gasteiger partial charge in [-0.05, 0) is 36.1 Å². The van der Waals surface area contributed by atoms with Crippen molar-refractivity contribution in [2.75, 3.05) is 6.61 Å². The lowest BCUT2D eigenvalue weighted by Gasteiger charge is -2.19. The highest BCUT2D eigenvalue weighted by Gasteiger charge is 2.22. The molecule has 0 unspecified atom stereocenters. The molecule has 1 aromatic carbocycles. The smallest absolute Gasteiger partial charge is 0.257 e. The van der Waals surface area contributed by atoms with Gasteiger partial charge in [0.1, 0.15) is 5.82 Å². The lowest BCUT2D eigenvalue weighted by atomic mass is 9.95. The van der Waals surface area contributed by atoms with Crippen LogP contribution in [0.15, 0.2) is 24.3 Å². The lowest BCUT2D eigenvalue weighted by molar-refractivity contribution is 0.303. The number of benzene rings is 1. The Kier molecular flexibility index (Phi) is 5.40. The molecule has 0 aliphatic heterocycles. The lowest BCUT2D eigenvalue weighted by Crippen LogP contribution is -2.05. The molecule has 0 saturated heterocycles. The molecule has 0 amide bonds. The summed E-state index contributed by atoms with van der Waals surface area (Å²) >= 11 is 3.47. The molecule has 1 aromatic heterocycles. The number of nitrogens with zero attached hydrogens (tertiary/aromatic N) is 1. The molecule has 0 bridgehead atoms. The molecule has 118 valence electrons. The first kappa shape index (κ1) is 16.7. The first-order valence-electron chi connectivity index (χ1n) is 7.20. The van der Waals surface area contributed by atoms with Crippen LogP contribution >= 0.6 is 15.9 Å². The summed E-state index contributed by atoms with van der Waals surface area (Å²) in [6, 6.07) is 6.05. The van der Waals surface area contributed by atoms with E-state index in [1.807, 2.05) is 20.8 Å². The highest BCUT2D eigenvalue weighted by atomic mass is 79.9. The number of pyridine rings is 1. The Bertz CT molecular complexity index is 657. The summed E-state index contributed by atoms with van der Waals surface area (Å²) in [6.45, 7) is 6.33. The minimum atomic E-state index is -0.313. The minimum Gasteiger partial charge on any atom is -0.503 e. The van der Waals surface area contributed by atoms with Crippen molar-refractivity contribution < 1.29 is 14.2 Å². The van der Waals surface area contributed by atoms with Crippen LogP contribution in [0.3, 0.4) is 0 Å². The van der Waals surface area contributed by atoms with Crippen LogP contribution in [0.4, 0.5) is 4.39 Å². The average molecular weight is 368 g/mol. The summed E-state index contributed by atoms with van der Waals surface area (Å²) in [5.74, 6) is 0.0703. The number of aromatic nitrogens is 1. The Morgan fingerprint density at radius 2 is 1.91 bits per heavy atom. The largest absolute Gasteiger partial charge is 0.503 e. The van der Waals surface area contributed by atoms with Gasteiger partial charge in [0, 0.05) is 10.9 Å². The average Bonchev–Trinajstić information content (AvgIpc) is 2.49. The van der Waals surface area contributed by atoms with Crippen molar-refractivity contribution in [3.8, 4) is 22.8 Å². The van der Waals surface area contributed by atoms with Crippen LogP contribution in [0, 0.1) is 5.82 Å². The molecule has 0 atom stereocenters. The van der Waals surface area contributed by atoms with E-state index in [1.54, 1.807) is 12.1 Å². The van der Waals surface area contributed by atoms with Gasteiger partial charge in [-0.25, -0.2) is 9.37 Å². The van der Waals surface area contributed by atoms with E-state index in [0.29, 0.717) is 17.5 Å². The number of alkyl halides is 1. The number of hydrogen-bond acceptors (Lipinski definition) is 3. The van der Waals surface area contributed by atoms with Crippen molar-refractivity contribution in [2.45, 2.75) is 32.0 Å². The van der Waals surface area contributed by atoms with Crippen molar-refractivity contribution in [1.29, 1.82) is 0 Å². The molecule has 2 aromatic rings. The Labute approximate surface area is 138 Å². The fraction of sp³-hybridized carbons (Fsp3) is 0.353. The van der Waals surface area contributed by atoms with E-state index < -0.39 is 0 Å². The zero-order valence-electron chi connectivity index (χ0n) is 12.9. The first-order chi connectivity index (χ1) is 10.5. The van der Waals surface area contributed by atoms with E-state index in [-0.39, 0.29) is 23.4 Å². The Morgan fingerprint density at radius 1 is 1.27 bits per heavy atom. The molecule has 5 heteroatoms. The highest BCUT2D eigenvalue weighted by Crippen LogP contribution is 2.42. The normalized spacial score (nSPS) is 11.0. The second kappa shape index (κ2) is 7.09. The van der Waals surface area contributed by atoms with Crippen LogP contribution in [0.5, 0.6) is 11.6 Å².